The van der Waals surface area contributed by atoms with Gasteiger partial charge in [-0.15, -0.1) is 0 Å². The van der Waals surface area contributed by atoms with Gasteiger partial charge in [-0.1, -0.05) is 41.9 Å². The van der Waals surface area contributed by atoms with Crippen molar-refractivity contribution >= 4 is 23.2 Å². The molecule has 0 radical (unpaired) electrons. The first-order valence-corrected chi connectivity index (χ1v) is 12.4. The molecule has 8 heteroatoms. The second-order valence-corrected chi connectivity index (χ2v) is 9.67. The summed E-state index contributed by atoms with van der Waals surface area (Å²) in [5, 5.41) is 0.421. The second-order valence-electron chi connectivity index (χ2n) is 9.23. The topological polar surface area (TPSA) is 32.8 Å². The lowest BCUT2D eigenvalue weighted by Gasteiger charge is -2.38. The van der Waals surface area contributed by atoms with Crippen LogP contribution in [0.3, 0.4) is 0 Å². The summed E-state index contributed by atoms with van der Waals surface area (Å²) < 4.78 is 45.9. The van der Waals surface area contributed by atoms with E-state index in [-0.39, 0.29) is 18.2 Å². The normalized spacial score (nSPS) is 18.1. The molecular formula is C28H26ClF3N2O2. The molecule has 0 aromatic heterocycles. The average molecular weight is 515 g/mol. The Labute approximate surface area is 213 Å². The molecule has 1 atom stereocenters. The molecule has 0 fully saturated rings. The Kier molecular flexibility index (Phi) is 6.95. The molecule has 0 N–H and O–H groups in total. The molecule has 0 aliphatic carbocycles. The van der Waals surface area contributed by atoms with E-state index in [1.54, 1.807) is 23.1 Å². The van der Waals surface area contributed by atoms with Crippen LogP contribution in [0.25, 0.3) is 0 Å². The van der Waals surface area contributed by atoms with Crippen molar-refractivity contribution < 1.29 is 22.7 Å². The number of nitrogens with zero attached hydrogens (tertiary/aromatic N) is 2. The zero-order valence-corrected chi connectivity index (χ0v) is 20.4. The third-order valence-corrected chi connectivity index (χ3v) is 7.16. The molecule has 1 amide bonds. The summed E-state index contributed by atoms with van der Waals surface area (Å²) in [6, 6.07) is 17.7. The minimum absolute atomic E-state index is 0.0205. The van der Waals surface area contributed by atoms with Crippen LogP contribution in [0.4, 0.5) is 18.9 Å². The average Bonchev–Trinajstić information content (AvgIpc) is 3.08. The van der Waals surface area contributed by atoms with E-state index in [0.29, 0.717) is 22.9 Å². The lowest BCUT2D eigenvalue weighted by Crippen LogP contribution is -2.48. The van der Waals surface area contributed by atoms with Gasteiger partial charge in [0.1, 0.15) is 12.4 Å². The lowest BCUT2D eigenvalue weighted by atomic mass is 10.0. The van der Waals surface area contributed by atoms with Crippen LogP contribution in [-0.4, -0.2) is 43.1 Å². The molecule has 1 unspecified atom stereocenters. The molecule has 5 rings (SSSR count). The van der Waals surface area contributed by atoms with Crippen molar-refractivity contribution in [2.24, 2.45) is 0 Å². The fourth-order valence-electron chi connectivity index (χ4n) is 4.98. The number of amides is 1. The molecule has 3 aromatic carbocycles. The SMILES string of the molecule is O=C(c1cccc(C(F)(F)F)c1)N1c2cc(Cl)ccc2OCC1CCN1CCc2ccccc2CC1. The number of anilines is 1. The summed E-state index contributed by atoms with van der Waals surface area (Å²) in [4.78, 5) is 17.6. The van der Waals surface area contributed by atoms with E-state index in [0.717, 1.165) is 44.6 Å². The molecule has 4 nitrogen and oxygen atoms in total. The fourth-order valence-corrected chi connectivity index (χ4v) is 5.15. The van der Waals surface area contributed by atoms with Crippen LogP contribution in [0.2, 0.25) is 5.02 Å². The van der Waals surface area contributed by atoms with Gasteiger partial charge in [0.2, 0.25) is 0 Å². The van der Waals surface area contributed by atoms with Crippen LogP contribution >= 0.6 is 11.6 Å². The zero-order chi connectivity index (χ0) is 25.3. The number of fused-ring (bicyclic) bond motifs is 2. The molecule has 0 saturated carbocycles. The van der Waals surface area contributed by atoms with Crippen LogP contribution in [0.5, 0.6) is 5.75 Å². The van der Waals surface area contributed by atoms with Crippen molar-refractivity contribution in [3.8, 4) is 5.75 Å². The van der Waals surface area contributed by atoms with Gasteiger partial charge < -0.3 is 9.64 Å². The van der Waals surface area contributed by atoms with Gasteiger partial charge in [-0.25, -0.2) is 0 Å². The number of benzene rings is 3. The molecule has 2 aliphatic rings. The van der Waals surface area contributed by atoms with Gasteiger partial charge in [-0.2, -0.15) is 13.2 Å². The predicted octanol–water partition coefficient (Wildman–Crippen LogP) is 6.26. The largest absolute Gasteiger partial charge is 0.489 e. The molecule has 0 bridgehead atoms. The van der Waals surface area contributed by atoms with Crippen molar-refractivity contribution in [1.29, 1.82) is 0 Å². The minimum atomic E-state index is -4.54. The molecule has 0 spiro atoms. The Morgan fingerprint density at radius 3 is 2.39 bits per heavy atom. The smallest absolute Gasteiger partial charge is 0.416 e. The Morgan fingerprint density at radius 1 is 0.972 bits per heavy atom. The number of carbonyl (C=O) groups excluding carboxylic acids is 1. The van der Waals surface area contributed by atoms with Gasteiger partial charge in [-0.3, -0.25) is 9.69 Å². The van der Waals surface area contributed by atoms with Gasteiger partial charge in [0.15, 0.2) is 0 Å². The quantitative estimate of drug-likeness (QED) is 0.412. The highest BCUT2D eigenvalue weighted by atomic mass is 35.5. The summed E-state index contributed by atoms with van der Waals surface area (Å²) in [5.74, 6) is -0.0117. The molecular weight excluding hydrogens is 489 g/mol. The van der Waals surface area contributed by atoms with Gasteiger partial charge in [0, 0.05) is 30.2 Å². The van der Waals surface area contributed by atoms with Crippen LogP contribution < -0.4 is 9.64 Å². The first kappa shape index (κ1) is 24.7. The molecule has 3 aromatic rings. The molecule has 0 saturated heterocycles. The summed E-state index contributed by atoms with van der Waals surface area (Å²) in [7, 11) is 0. The zero-order valence-electron chi connectivity index (χ0n) is 19.6. The first-order valence-electron chi connectivity index (χ1n) is 12.0. The molecule has 36 heavy (non-hydrogen) atoms. The Balaban J connectivity index is 1.38. The summed E-state index contributed by atoms with van der Waals surface area (Å²) in [6.45, 7) is 2.82. The van der Waals surface area contributed by atoms with Crippen molar-refractivity contribution in [3.63, 3.8) is 0 Å². The minimum Gasteiger partial charge on any atom is -0.489 e. The van der Waals surface area contributed by atoms with Crippen LogP contribution in [0.15, 0.2) is 66.7 Å². The van der Waals surface area contributed by atoms with Crippen molar-refractivity contribution in [2.45, 2.75) is 31.5 Å². The fraction of sp³-hybridized carbons (Fsp3) is 0.321. The highest BCUT2D eigenvalue weighted by molar-refractivity contribution is 6.31. The van der Waals surface area contributed by atoms with Crippen molar-refractivity contribution in [1.82, 2.24) is 4.90 Å². The number of hydrogen-bond acceptors (Lipinski definition) is 3. The van der Waals surface area contributed by atoms with Gasteiger partial charge >= 0.3 is 6.18 Å². The van der Waals surface area contributed by atoms with Gasteiger partial charge in [-0.05, 0) is 66.8 Å². The Bertz CT molecular complexity index is 1240. The van der Waals surface area contributed by atoms with E-state index in [9.17, 15) is 18.0 Å². The van der Waals surface area contributed by atoms with Crippen LogP contribution in [0.1, 0.15) is 33.5 Å². The van der Waals surface area contributed by atoms with E-state index in [4.69, 9.17) is 16.3 Å². The van der Waals surface area contributed by atoms with E-state index in [1.807, 2.05) is 0 Å². The molecule has 2 aliphatic heterocycles. The number of carbonyl (C=O) groups is 1. The van der Waals surface area contributed by atoms with Crippen molar-refractivity contribution in [3.05, 3.63) is 94.0 Å². The molecule has 2 heterocycles. The third kappa shape index (κ3) is 5.22. The summed E-state index contributed by atoms with van der Waals surface area (Å²) in [6.07, 6.45) is -2.00. The number of hydrogen-bond donors (Lipinski definition) is 0. The van der Waals surface area contributed by atoms with Crippen molar-refractivity contribution in [2.75, 3.05) is 31.1 Å². The highest BCUT2D eigenvalue weighted by Gasteiger charge is 2.35. The van der Waals surface area contributed by atoms with E-state index < -0.39 is 17.6 Å². The summed E-state index contributed by atoms with van der Waals surface area (Å²) >= 11 is 6.24. The van der Waals surface area contributed by atoms with E-state index in [1.165, 1.54) is 23.3 Å². The Morgan fingerprint density at radius 2 is 1.69 bits per heavy atom. The van der Waals surface area contributed by atoms with Crippen LogP contribution in [-0.2, 0) is 19.0 Å². The number of rotatable bonds is 4. The van der Waals surface area contributed by atoms with E-state index in [2.05, 4.69) is 29.2 Å². The maximum absolute atomic E-state index is 13.7. The number of ether oxygens (including phenoxy) is 1. The maximum atomic E-state index is 13.7. The number of halogens is 4. The lowest BCUT2D eigenvalue weighted by molar-refractivity contribution is -0.137. The van der Waals surface area contributed by atoms with Crippen LogP contribution in [0, 0.1) is 0 Å². The van der Waals surface area contributed by atoms with Gasteiger partial charge in [0.25, 0.3) is 5.91 Å². The highest BCUT2D eigenvalue weighted by Crippen LogP contribution is 2.38. The van der Waals surface area contributed by atoms with Gasteiger partial charge in [0.05, 0.1) is 17.3 Å². The number of alkyl halides is 3. The summed E-state index contributed by atoms with van der Waals surface area (Å²) in [5.41, 5.74) is 2.34. The standard InChI is InChI=1S/C28H26ClF3N2O2/c29-23-8-9-26-25(17-23)34(27(35)21-6-3-7-22(16-21)28(30,31)32)24(18-36-26)12-15-33-13-10-19-4-1-2-5-20(19)11-14-33/h1-9,16-17,24H,10-15,18H2. The predicted molar refractivity (Wildman–Crippen MR) is 134 cm³/mol. The molecule has 188 valence electrons. The maximum Gasteiger partial charge on any atom is 0.416 e. The monoisotopic (exact) mass is 514 g/mol. The second kappa shape index (κ2) is 10.1. The first-order chi connectivity index (χ1) is 17.3. The van der Waals surface area contributed by atoms with E-state index >= 15 is 0 Å². The third-order valence-electron chi connectivity index (χ3n) is 6.92. The Hall–Kier alpha value is -3.03.